The second-order valence-electron chi connectivity index (χ2n) is 8.56. The Bertz CT molecular complexity index is 1040. The van der Waals surface area contributed by atoms with Crippen molar-refractivity contribution in [2.45, 2.75) is 37.5 Å². The maximum atomic E-state index is 12.9. The lowest BCUT2D eigenvalue weighted by atomic mass is 10.00. The highest BCUT2D eigenvalue weighted by molar-refractivity contribution is 7.98. The van der Waals surface area contributed by atoms with Gasteiger partial charge >= 0.3 is 0 Å². The molecule has 1 unspecified atom stereocenters. The number of aryl methyl sites for hydroxylation is 1. The van der Waals surface area contributed by atoms with Crippen LogP contribution < -0.4 is 4.74 Å². The lowest BCUT2D eigenvalue weighted by Crippen LogP contribution is -2.39. The summed E-state index contributed by atoms with van der Waals surface area (Å²) < 4.78 is 7.62. The van der Waals surface area contributed by atoms with E-state index in [0.717, 1.165) is 54.3 Å². The fourth-order valence-corrected chi connectivity index (χ4v) is 4.91. The molecule has 0 spiro atoms. The Balaban J connectivity index is 1.62. The van der Waals surface area contributed by atoms with Gasteiger partial charge in [0, 0.05) is 35.8 Å². The number of aromatic nitrogens is 1. The summed E-state index contributed by atoms with van der Waals surface area (Å²) in [4.78, 5) is 16.2. The highest BCUT2D eigenvalue weighted by atomic mass is 32.2. The number of carbonyl (C=O) groups is 1. The number of benzene rings is 2. The average Bonchev–Trinajstić information content (AvgIpc) is 3.26. The summed E-state index contributed by atoms with van der Waals surface area (Å²) in [7, 11) is 1.68. The highest BCUT2D eigenvalue weighted by Crippen LogP contribution is 2.30. The maximum Gasteiger partial charge on any atom is 0.222 e. The first kappa shape index (κ1) is 22.5. The first-order chi connectivity index (χ1) is 15.6. The van der Waals surface area contributed by atoms with Gasteiger partial charge in [-0.3, -0.25) is 4.79 Å². The Morgan fingerprint density at radius 3 is 2.47 bits per heavy atom. The van der Waals surface area contributed by atoms with Crippen LogP contribution in [0, 0.1) is 5.92 Å². The molecule has 0 bridgehead atoms. The summed E-state index contributed by atoms with van der Waals surface area (Å²) in [5.41, 5.74) is 4.53. The van der Waals surface area contributed by atoms with Gasteiger partial charge in [0.1, 0.15) is 5.75 Å². The first-order valence-electron chi connectivity index (χ1n) is 11.4. The number of likely N-dealkylation sites (tertiary alicyclic amines) is 1. The number of carbonyl (C=O) groups excluding carboxylic acids is 1. The number of hydrogen-bond acceptors (Lipinski definition) is 3. The minimum absolute atomic E-state index is 0.271. The van der Waals surface area contributed by atoms with E-state index in [9.17, 15) is 4.79 Å². The van der Waals surface area contributed by atoms with Crippen LogP contribution in [0.25, 0.3) is 16.9 Å². The third-order valence-corrected chi connectivity index (χ3v) is 7.03. The molecule has 32 heavy (non-hydrogen) atoms. The molecule has 168 valence electrons. The number of methoxy groups -OCH3 is 1. The number of amides is 1. The van der Waals surface area contributed by atoms with Gasteiger partial charge in [-0.1, -0.05) is 6.92 Å². The van der Waals surface area contributed by atoms with E-state index in [2.05, 4.69) is 71.2 Å². The Labute approximate surface area is 195 Å². The summed E-state index contributed by atoms with van der Waals surface area (Å²) in [6.45, 7) is 4.04. The van der Waals surface area contributed by atoms with Crippen molar-refractivity contribution in [1.82, 2.24) is 9.47 Å². The van der Waals surface area contributed by atoms with Gasteiger partial charge in [0.05, 0.1) is 12.8 Å². The zero-order valence-electron chi connectivity index (χ0n) is 19.2. The van der Waals surface area contributed by atoms with Gasteiger partial charge in [0.2, 0.25) is 5.91 Å². The molecule has 0 radical (unpaired) electrons. The van der Waals surface area contributed by atoms with E-state index in [-0.39, 0.29) is 5.91 Å². The molecular weight excluding hydrogens is 416 g/mol. The van der Waals surface area contributed by atoms with Gasteiger partial charge in [-0.25, -0.2) is 0 Å². The van der Waals surface area contributed by atoms with Gasteiger partial charge in [-0.15, -0.1) is 11.8 Å². The van der Waals surface area contributed by atoms with Crippen LogP contribution >= 0.6 is 11.8 Å². The smallest absolute Gasteiger partial charge is 0.222 e. The van der Waals surface area contributed by atoms with Crippen molar-refractivity contribution in [3.8, 4) is 22.7 Å². The quantitative estimate of drug-likeness (QED) is 0.412. The summed E-state index contributed by atoms with van der Waals surface area (Å²) in [5.74, 6) is 1.72. The molecule has 0 N–H and O–H groups in total. The van der Waals surface area contributed by atoms with Gasteiger partial charge in [0.25, 0.3) is 0 Å². The molecule has 2 aromatic carbocycles. The second kappa shape index (κ2) is 10.3. The monoisotopic (exact) mass is 448 g/mol. The Kier molecular flexibility index (Phi) is 7.26. The largest absolute Gasteiger partial charge is 0.497 e. The molecule has 5 heteroatoms. The number of ether oxygens (including phenoxy) is 1. The van der Waals surface area contributed by atoms with E-state index in [1.54, 1.807) is 18.9 Å². The van der Waals surface area contributed by atoms with Gasteiger partial charge in [-0.2, -0.15) is 0 Å². The molecule has 1 fully saturated rings. The van der Waals surface area contributed by atoms with Crippen LogP contribution in [0.2, 0.25) is 0 Å². The number of rotatable bonds is 7. The van der Waals surface area contributed by atoms with Crippen molar-refractivity contribution in [3.05, 3.63) is 66.4 Å². The number of nitrogens with zero attached hydrogens (tertiary/aromatic N) is 2. The lowest BCUT2D eigenvalue weighted by Gasteiger charge is -2.31. The molecule has 1 atom stereocenters. The van der Waals surface area contributed by atoms with Crippen LogP contribution in [0.4, 0.5) is 0 Å². The second-order valence-corrected chi connectivity index (χ2v) is 9.44. The van der Waals surface area contributed by atoms with Crippen LogP contribution in [0.1, 0.15) is 31.9 Å². The third kappa shape index (κ3) is 5.04. The Morgan fingerprint density at radius 1 is 1.06 bits per heavy atom. The topological polar surface area (TPSA) is 34.5 Å². The minimum atomic E-state index is 0.271. The van der Waals surface area contributed by atoms with Crippen LogP contribution in [-0.2, 0) is 11.2 Å². The molecule has 0 saturated carbocycles. The number of hydrogen-bond donors (Lipinski definition) is 0. The highest BCUT2D eigenvalue weighted by Gasteiger charge is 2.21. The zero-order valence-corrected chi connectivity index (χ0v) is 20.0. The van der Waals surface area contributed by atoms with E-state index in [1.165, 1.54) is 11.3 Å². The van der Waals surface area contributed by atoms with E-state index in [0.29, 0.717) is 12.3 Å². The molecule has 1 amide bonds. The molecule has 1 aliphatic heterocycles. The normalized spacial score (nSPS) is 16.2. The fourth-order valence-electron chi connectivity index (χ4n) is 4.51. The summed E-state index contributed by atoms with van der Waals surface area (Å²) >= 11 is 1.74. The fraction of sp³-hybridized carbons (Fsp3) is 0.370. The standard InChI is InChI=1S/C27H32N2O2S/c1-20-5-4-18-28(19-20)27(30)17-11-23-10-16-26(21-6-12-24(31-2)13-7-21)29(23)22-8-14-25(32-3)15-9-22/h6-10,12-16,20H,4-5,11,17-19H2,1-3H3. The zero-order chi connectivity index (χ0) is 22.5. The minimum Gasteiger partial charge on any atom is -0.497 e. The van der Waals surface area contributed by atoms with Gasteiger partial charge < -0.3 is 14.2 Å². The summed E-state index contributed by atoms with van der Waals surface area (Å²) in [6.07, 6.45) is 5.70. The Hall–Kier alpha value is -2.66. The third-order valence-electron chi connectivity index (χ3n) is 6.28. The molecule has 0 aliphatic carbocycles. The van der Waals surface area contributed by atoms with Gasteiger partial charge in [0.15, 0.2) is 0 Å². The van der Waals surface area contributed by atoms with Crippen molar-refractivity contribution < 1.29 is 9.53 Å². The van der Waals surface area contributed by atoms with E-state index in [4.69, 9.17) is 4.74 Å². The average molecular weight is 449 g/mol. The molecule has 1 saturated heterocycles. The molecule has 1 aromatic heterocycles. The Morgan fingerprint density at radius 2 is 1.81 bits per heavy atom. The molecule has 3 aromatic rings. The van der Waals surface area contributed by atoms with Crippen LogP contribution in [0.3, 0.4) is 0 Å². The number of thioether (sulfide) groups is 1. The van der Waals surface area contributed by atoms with Gasteiger partial charge in [-0.05, 0) is 97.7 Å². The first-order valence-corrected chi connectivity index (χ1v) is 12.6. The van der Waals surface area contributed by atoms with Crippen LogP contribution in [-0.4, -0.2) is 41.8 Å². The molecular formula is C27H32N2O2S. The summed E-state index contributed by atoms with van der Waals surface area (Å²) in [5, 5.41) is 0. The molecule has 1 aliphatic rings. The number of piperidine rings is 1. The van der Waals surface area contributed by atoms with Crippen LogP contribution in [0.15, 0.2) is 65.6 Å². The lowest BCUT2D eigenvalue weighted by molar-refractivity contribution is -0.132. The maximum absolute atomic E-state index is 12.9. The van der Waals surface area contributed by atoms with Crippen molar-refractivity contribution in [2.75, 3.05) is 26.5 Å². The molecule has 2 heterocycles. The molecule has 4 nitrogen and oxygen atoms in total. The predicted octanol–water partition coefficient (Wildman–Crippen LogP) is 6.07. The van der Waals surface area contributed by atoms with Crippen molar-refractivity contribution in [1.29, 1.82) is 0 Å². The SMILES string of the molecule is COc1ccc(-c2ccc(CCC(=O)N3CCCC(C)C3)n2-c2ccc(SC)cc2)cc1. The van der Waals surface area contributed by atoms with E-state index < -0.39 is 0 Å². The van der Waals surface area contributed by atoms with E-state index >= 15 is 0 Å². The van der Waals surface area contributed by atoms with Crippen LogP contribution in [0.5, 0.6) is 5.75 Å². The summed E-state index contributed by atoms with van der Waals surface area (Å²) in [6, 6.07) is 21.1. The van der Waals surface area contributed by atoms with Crippen molar-refractivity contribution in [2.24, 2.45) is 5.92 Å². The molecule has 4 rings (SSSR count). The van der Waals surface area contributed by atoms with E-state index in [1.807, 2.05) is 12.1 Å². The predicted molar refractivity (Wildman–Crippen MR) is 133 cm³/mol. The van der Waals surface area contributed by atoms with Crippen molar-refractivity contribution >= 4 is 17.7 Å². The van der Waals surface area contributed by atoms with Crippen molar-refractivity contribution in [3.63, 3.8) is 0 Å².